The van der Waals surface area contributed by atoms with Gasteiger partial charge in [-0.05, 0) is 51.1 Å². The minimum Gasteiger partial charge on any atom is -0.465 e. The molecule has 0 atom stereocenters. The van der Waals surface area contributed by atoms with Gasteiger partial charge in [-0.15, -0.1) is 0 Å². The van der Waals surface area contributed by atoms with Crippen LogP contribution in [0.5, 0.6) is 0 Å². The molecule has 2 nitrogen and oxygen atoms in total. The van der Waals surface area contributed by atoms with Crippen molar-refractivity contribution in [3.05, 3.63) is 59.5 Å². The number of rotatable bonds is 9. The van der Waals surface area contributed by atoms with E-state index in [-0.39, 0.29) is 0 Å². The van der Waals surface area contributed by atoms with Crippen LogP contribution >= 0.6 is 0 Å². The molecule has 0 saturated heterocycles. The summed E-state index contributed by atoms with van der Waals surface area (Å²) in [7, 11) is 4.13. The highest BCUT2D eigenvalue weighted by Gasteiger charge is 2.03. The van der Waals surface area contributed by atoms with Crippen molar-refractivity contribution in [2.45, 2.75) is 45.1 Å². The molecule has 0 bridgehead atoms. The van der Waals surface area contributed by atoms with Gasteiger partial charge in [-0.2, -0.15) is 0 Å². The predicted octanol–water partition coefficient (Wildman–Crippen LogP) is 4.69. The van der Waals surface area contributed by atoms with Crippen LogP contribution in [0.4, 0.5) is 0 Å². The number of aryl methyl sites for hydroxylation is 2. The Morgan fingerprint density at radius 3 is 2.14 bits per heavy atom. The molecule has 0 fully saturated rings. The molecular formula is C19H27NO. The van der Waals surface area contributed by atoms with Gasteiger partial charge in [0.2, 0.25) is 0 Å². The number of furan rings is 1. The lowest BCUT2D eigenvalue weighted by atomic mass is 10.1. The van der Waals surface area contributed by atoms with Gasteiger partial charge in [0.25, 0.3) is 0 Å². The largest absolute Gasteiger partial charge is 0.465 e. The zero-order chi connectivity index (χ0) is 14.9. The molecular weight excluding hydrogens is 258 g/mol. The van der Waals surface area contributed by atoms with Crippen LogP contribution < -0.4 is 0 Å². The lowest BCUT2D eigenvalue weighted by Crippen LogP contribution is -2.09. The fraction of sp³-hybridized carbons (Fsp3) is 0.474. The molecule has 1 aromatic carbocycles. The van der Waals surface area contributed by atoms with Gasteiger partial charge < -0.3 is 9.32 Å². The summed E-state index contributed by atoms with van der Waals surface area (Å²) < 4.78 is 5.83. The van der Waals surface area contributed by atoms with Gasteiger partial charge in [-0.1, -0.05) is 43.2 Å². The highest BCUT2D eigenvalue weighted by atomic mass is 16.3. The van der Waals surface area contributed by atoms with E-state index in [0.717, 1.165) is 24.5 Å². The molecule has 0 aliphatic carbocycles. The Bertz CT molecular complexity index is 501. The lowest BCUT2D eigenvalue weighted by Gasteiger charge is -2.05. The molecule has 0 spiro atoms. The monoisotopic (exact) mass is 285 g/mol. The van der Waals surface area contributed by atoms with Crippen LogP contribution in [0.2, 0.25) is 0 Å². The second-order valence-corrected chi connectivity index (χ2v) is 6.01. The second-order valence-electron chi connectivity index (χ2n) is 6.01. The van der Waals surface area contributed by atoms with Crippen LogP contribution in [0.15, 0.2) is 46.9 Å². The third-order valence-corrected chi connectivity index (χ3v) is 3.67. The fourth-order valence-electron chi connectivity index (χ4n) is 2.58. The number of hydrogen-bond donors (Lipinski definition) is 0. The maximum atomic E-state index is 5.83. The Kier molecular flexibility index (Phi) is 6.55. The van der Waals surface area contributed by atoms with Crippen molar-refractivity contribution >= 4 is 0 Å². The van der Waals surface area contributed by atoms with E-state index in [9.17, 15) is 0 Å². The molecule has 0 aliphatic rings. The summed E-state index contributed by atoms with van der Waals surface area (Å²) in [6.07, 6.45) is 7.38. The summed E-state index contributed by atoms with van der Waals surface area (Å²) in [5, 5.41) is 0. The van der Waals surface area contributed by atoms with E-state index in [0.29, 0.717) is 0 Å². The molecule has 0 saturated carbocycles. The first-order valence-electron chi connectivity index (χ1n) is 8.00. The zero-order valence-corrected chi connectivity index (χ0v) is 13.3. The standard InChI is InChI=1S/C19H27NO/c1-20(2)16-19-15-14-18(21-19)13-9-4-3-6-10-17-11-7-5-8-12-17/h5,7-8,11-12,14-15H,3-4,6,9-10,13,16H2,1-2H3. The van der Waals surface area contributed by atoms with Gasteiger partial charge in [0, 0.05) is 6.42 Å². The first-order valence-corrected chi connectivity index (χ1v) is 8.00. The predicted molar refractivity (Wildman–Crippen MR) is 88.4 cm³/mol. The molecule has 21 heavy (non-hydrogen) atoms. The van der Waals surface area contributed by atoms with Crippen LogP contribution in [-0.2, 0) is 19.4 Å². The Hall–Kier alpha value is -1.54. The summed E-state index contributed by atoms with van der Waals surface area (Å²) in [6, 6.07) is 15.0. The van der Waals surface area contributed by atoms with Gasteiger partial charge in [0.05, 0.1) is 6.54 Å². The molecule has 2 heteroatoms. The van der Waals surface area contributed by atoms with Gasteiger partial charge in [-0.3, -0.25) is 0 Å². The van der Waals surface area contributed by atoms with Gasteiger partial charge >= 0.3 is 0 Å². The molecule has 0 aliphatic heterocycles. The van der Waals surface area contributed by atoms with Crippen molar-refractivity contribution in [1.82, 2.24) is 4.90 Å². The molecule has 0 amide bonds. The highest BCUT2D eigenvalue weighted by molar-refractivity contribution is 5.14. The maximum absolute atomic E-state index is 5.83. The van der Waals surface area contributed by atoms with E-state index in [1.165, 1.54) is 37.7 Å². The summed E-state index contributed by atoms with van der Waals surface area (Å²) in [6.45, 7) is 0.886. The van der Waals surface area contributed by atoms with Crippen LogP contribution in [0.25, 0.3) is 0 Å². The van der Waals surface area contributed by atoms with Gasteiger partial charge in [0.1, 0.15) is 11.5 Å². The summed E-state index contributed by atoms with van der Waals surface area (Å²) in [5.41, 5.74) is 1.46. The lowest BCUT2D eigenvalue weighted by molar-refractivity contribution is 0.340. The SMILES string of the molecule is CN(C)Cc1ccc(CCCCCCc2ccccc2)o1. The van der Waals surface area contributed by atoms with E-state index in [1.54, 1.807) is 0 Å². The molecule has 2 aromatic rings. The molecule has 2 rings (SSSR count). The maximum Gasteiger partial charge on any atom is 0.118 e. The Labute approximate surface area is 128 Å². The normalized spacial score (nSPS) is 11.2. The average Bonchev–Trinajstić information content (AvgIpc) is 2.90. The molecule has 1 aromatic heterocycles. The third-order valence-electron chi connectivity index (χ3n) is 3.67. The molecule has 1 heterocycles. The summed E-state index contributed by atoms with van der Waals surface area (Å²) >= 11 is 0. The molecule has 0 unspecified atom stereocenters. The van der Waals surface area contributed by atoms with Gasteiger partial charge in [0.15, 0.2) is 0 Å². The van der Waals surface area contributed by atoms with E-state index in [4.69, 9.17) is 4.42 Å². The minimum atomic E-state index is 0.886. The van der Waals surface area contributed by atoms with Crippen LogP contribution in [0.3, 0.4) is 0 Å². The molecule has 0 radical (unpaired) electrons. The quantitative estimate of drug-likeness (QED) is 0.622. The van der Waals surface area contributed by atoms with Crippen molar-refractivity contribution in [3.63, 3.8) is 0 Å². The Balaban J connectivity index is 1.56. The number of unbranched alkanes of at least 4 members (excludes halogenated alkanes) is 3. The van der Waals surface area contributed by atoms with Crippen molar-refractivity contribution in [2.75, 3.05) is 14.1 Å². The highest BCUT2D eigenvalue weighted by Crippen LogP contribution is 2.14. The number of benzene rings is 1. The Morgan fingerprint density at radius 1 is 0.762 bits per heavy atom. The molecule has 0 N–H and O–H groups in total. The van der Waals surface area contributed by atoms with Crippen molar-refractivity contribution in [2.24, 2.45) is 0 Å². The van der Waals surface area contributed by atoms with Crippen LogP contribution in [0, 0.1) is 0 Å². The Morgan fingerprint density at radius 2 is 1.43 bits per heavy atom. The number of hydrogen-bond acceptors (Lipinski definition) is 2. The van der Waals surface area contributed by atoms with Crippen LogP contribution in [0.1, 0.15) is 42.8 Å². The van der Waals surface area contributed by atoms with Crippen LogP contribution in [-0.4, -0.2) is 19.0 Å². The average molecular weight is 285 g/mol. The third kappa shape index (κ3) is 6.17. The second kappa shape index (κ2) is 8.68. The van der Waals surface area contributed by atoms with E-state index >= 15 is 0 Å². The first kappa shape index (κ1) is 15.8. The summed E-state index contributed by atoms with van der Waals surface area (Å²) in [5.74, 6) is 2.20. The topological polar surface area (TPSA) is 16.4 Å². The van der Waals surface area contributed by atoms with Crippen molar-refractivity contribution in [1.29, 1.82) is 0 Å². The fourth-order valence-corrected chi connectivity index (χ4v) is 2.58. The van der Waals surface area contributed by atoms with Gasteiger partial charge in [-0.25, -0.2) is 0 Å². The summed E-state index contributed by atoms with van der Waals surface area (Å²) in [4.78, 5) is 2.13. The van der Waals surface area contributed by atoms with Crippen molar-refractivity contribution < 1.29 is 4.42 Å². The zero-order valence-electron chi connectivity index (χ0n) is 13.3. The van der Waals surface area contributed by atoms with Crippen molar-refractivity contribution in [3.8, 4) is 0 Å². The smallest absolute Gasteiger partial charge is 0.118 e. The van der Waals surface area contributed by atoms with E-state index in [2.05, 4.69) is 61.5 Å². The minimum absolute atomic E-state index is 0.886. The number of nitrogens with zero attached hydrogens (tertiary/aromatic N) is 1. The first-order chi connectivity index (χ1) is 10.2. The van der Waals surface area contributed by atoms with E-state index < -0.39 is 0 Å². The molecule has 114 valence electrons. The van der Waals surface area contributed by atoms with E-state index in [1.807, 2.05) is 0 Å².